The normalized spacial score (nSPS) is 14.5. The number of nitrogens with zero attached hydrogens (tertiary/aromatic N) is 2. The fraction of sp³-hybridized carbons (Fsp3) is 0.630. The second kappa shape index (κ2) is 12.8. The lowest BCUT2D eigenvalue weighted by Crippen LogP contribution is -2.41. The molecule has 2 aromatic heterocycles. The monoisotopic (exact) mass is 396 g/mol. The Labute approximate surface area is 180 Å². The van der Waals surface area contributed by atoms with Gasteiger partial charge in [0.2, 0.25) is 0 Å². The quantitative estimate of drug-likeness (QED) is 0.325. The largest absolute Gasteiger partial charge is 0.205 e. The minimum Gasteiger partial charge on any atom is -0.205 e. The maximum Gasteiger partial charge on any atom is 0.169 e. The molecule has 2 heterocycles. The summed E-state index contributed by atoms with van der Waals surface area (Å²) in [5, 5.41) is 0. The summed E-state index contributed by atoms with van der Waals surface area (Å²) in [6.45, 7) is 12.7. The van der Waals surface area contributed by atoms with E-state index < -0.39 is 0 Å². The molecule has 2 nitrogen and oxygen atoms in total. The van der Waals surface area contributed by atoms with E-state index in [-0.39, 0.29) is 0 Å². The summed E-state index contributed by atoms with van der Waals surface area (Å²) >= 11 is 0. The van der Waals surface area contributed by atoms with Gasteiger partial charge in [-0.25, -0.2) is 9.13 Å². The van der Waals surface area contributed by atoms with Crippen LogP contribution in [0, 0.1) is 11.8 Å². The number of unbranched alkanes of at least 4 members (excludes halogenated alkanes) is 2. The predicted octanol–water partition coefficient (Wildman–Crippen LogP) is 6.92. The second-order valence-corrected chi connectivity index (χ2v) is 8.79. The molecule has 0 N–H and O–H groups in total. The first-order chi connectivity index (χ1) is 14.1. The third-order valence-corrected chi connectivity index (χ3v) is 6.69. The van der Waals surface area contributed by atoms with Crippen molar-refractivity contribution in [3.63, 3.8) is 0 Å². The Morgan fingerprint density at radius 3 is 1.79 bits per heavy atom. The lowest BCUT2D eigenvalue weighted by atomic mass is 9.92. The number of hydrogen-bond donors (Lipinski definition) is 0. The summed E-state index contributed by atoms with van der Waals surface area (Å²) in [5.41, 5.74) is 2.61. The summed E-state index contributed by atoms with van der Waals surface area (Å²) in [5.74, 6) is 1.56. The molecule has 0 radical (unpaired) electrons. The maximum absolute atomic E-state index is 2.40. The number of hydrogen-bond acceptors (Lipinski definition) is 0. The molecular formula is C27H44N2+2. The van der Waals surface area contributed by atoms with Gasteiger partial charge in [-0.15, -0.1) is 0 Å². The molecule has 160 valence electrons. The Kier molecular flexibility index (Phi) is 10.4. The molecule has 0 aliphatic heterocycles. The van der Waals surface area contributed by atoms with E-state index in [9.17, 15) is 0 Å². The van der Waals surface area contributed by atoms with E-state index in [0.29, 0.717) is 6.04 Å². The summed E-state index contributed by atoms with van der Waals surface area (Å²) in [6, 6.07) is 9.65. The van der Waals surface area contributed by atoms with Crippen molar-refractivity contribution in [2.24, 2.45) is 11.8 Å². The average molecular weight is 397 g/mol. The van der Waals surface area contributed by atoms with Gasteiger partial charge in [-0.3, -0.25) is 0 Å². The van der Waals surface area contributed by atoms with E-state index in [4.69, 9.17) is 0 Å². The molecule has 2 heteroatoms. The summed E-state index contributed by atoms with van der Waals surface area (Å²) in [4.78, 5) is 0. The zero-order valence-corrected chi connectivity index (χ0v) is 19.6. The van der Waals surface area contributed by atoms with Gasteiger partial charge in [-0.05, 0) is 43.7 Å². The highest BCUT2D eigenvalue weighted by atomic mass is 15.0. The molecule has 0 aromatic carbocycles. The van der Waals surface area contributed by atoms with Crippen molar-refractivity contribution in [2.45, 2.75) is 98.6 Å². The van der Waals surface area contributed by atoms with Gasteiger partial charge in [-0.1, -0.05) is 53.4 Å². The molecule has 2 rings (SSSR count). The molecule has 0 saturated carbocycles. The molecule has 0 aliphatic rings. The molecule has 29 heavy (non-hydrogen) atoms. The van der Waals surface area contributed by atoms with Crippen LogP contribution in [0.1, 0.15) is 92.0 Å². The molecule has 0 amide bonds. The Morgan fingerprint density at radius 1 is 0.724 bits per heavy atom. The summed E-state index contributed by atoms with van der Waals surface area (Å²) in [7, 11) is 0. The molecule has 2 aromatic rings. The summed E-state index contributed by atoms with van der Waals surface area (Å²) < 4.78 is 4.76. The fourth-order valence-corrected chi connectivity index (χ4v) is 4.39. The van der Waals surface area contributed by atoms with Crippen molar-refractivity contribution in [1.82, 2.24) is 0 Å². The standard InChI is InChI=1S/C27H44N2/c1-6-10-12-24(8-3)22-28-18-14-26(15-19-28)27-16-20-29(21-17-27)23(5)25(9-4)13-11-7-2/h14-21,23-25H,6-13,22H2,1-5H3/q+2. The third kappa shape index (κ3) is 7.24. The van der Waals surface area contributed by atoms with Crippen LogP contribution < -0.4 is 9.13 Å². The van der Waals surface area contributed by atoms with Crippen molar-refractivity contribution in [3.8, 4) is 11.1 Å². The van der Waals surface area contributed by atoms with Crippen molar-refractivity contribution in [2.75, 3.05) is 0 Å². The third-order valence-electron chi connectivity index (χ3n) is 6.69. The first kappa shape index (κ1) is 23.6. The Balaban J connectivity index is 2.02. The lowest BCUT2D eigenvalue weighted by molar-refractivity contribution is -0.727. The number of aromatic nitrogens is 2. The highest BCUT2D eigenvalue weighted by molar-refractivity contribution is 5.60. The van der Waals surface area contributed by atoms with Crippen molar-refractivity contribution in [3.05, 3.63) is 49.1 Å². The Bertz CT molecular complexity index is 675. The van der Waals surface area contributed by atoms with Crippen molar-refractivity contribution >= 4 is 0 Å². The van der Waals surface area contributed by atoms with E-state index >= 15 is 0 Å². The number of pyridine rings is 2. The molecule has 0 spiro atoms. The van der Waals surface area contributed by atoms with E-state index in [1.54, 1.807) is 0 Å². The molecule has 3 atom stereocenters. The van der Waals surface area contributed by atoms with E-state index in [1.165, 1.54) is 62.5 Å². The van der Waals surface area contributed by atoms with Gasteiger partial charge in [0.25, 0.3) is 0 Å². The number of rotatable bonds is 13. The Hall–Kier alpha value is -1.70. The van der Waals surface area contributed by atoms with Crippen LogP contribution in [0.5, 0.6) is 0 Å². The fourth-order valence-electron chi connectivity index (χ4n) is 4.39. The highest BCUT2D eigenvalue weighted by Crippen LogP contribution is 2.23. The van der Waals surface area contributed by atoms with E-state index in [1.807, 2.05) is 0 Å². The van der Waals surface area contributed by atoms with Crippen molar-refractivity contribution < 1.29 is 9.13 Å². The van der Waals surface area contributed by atoms with Gasteiger partial charge < -0.3 is 0 Å². The zero-order valence-electron chi connectivity index (χ0n) is 19.6. The van der Waals surface area contributed by atoms with Crippen LogP contribution in [-0.4, -0.2) is 0 Å². The molecule has 0 fully saturated rings. The van der Waals surface area contributed by atoms with E-state index in [0.717, 1.165) is 18.4 Å². The molecule has 0 saturated heterocycles. The van der Waals surface area contributed by atoms with Crippen LogP contribution in [0.2, 0.25) is 0 Å². The van der Waals surface area contributed by atoms with Gasteiger partial charge in [0.05, 0.1) is 0 Å². The van der Waals surface area contributed by atoms with Gasteiger partial charge in [0.1, 0.15) is 0 Å². The maximum atomic E-state index is 2.40. The topological polar surface area (TPSA) is 7.76 Å². The smallest absolute Gasteiger partial charge is 0.169 e. The SMILES string of the molecule is CCCCC(CC)C[n+]1ccc(-c2cc[n+](C(C)C(CC)CCCC)cc2)cc1. The van der Waals surface area contributed by atoms with Crippen LogP contribution in [-0.2, 0) is 6.54 Å². The van der Waals surface area contributed by atoms with Gasteiger partial charge in [-0.2, -0.15) is 0 Å². The van der Waals surface area contributed by atoms with Crippen LogP contribution >= 0.6 is 0 Å². The first-order valence-electron chi connectivity index (χ1n) is 12.1. The highest BCUT2D eigenvalue weighted by Gasteiger charge is 2.22. The minimum absolute atomic E-state index is 0.563. The molecule has 3 unspecified atom stereocenters. The van der Waals surface area contributed by atoms with Crippen LogP contribution in [0.3, 0.4) is 0 Å². The minimum atomic E-state index is 0.563. The van der Waals surface area contributed by atoms with Crippen LogP contribution in [0.25, 0.3) is 11.1 Å². The predicted molar refractivity (Wildman–Crippen MR) is 124 cm³/mol. The van der Waals surface area contributed by atoms with E-state index in [2.05, 4.69) is 92.8 Å². The zero-order chi connectivity index (χ0) is 21.1. The van der Waals surface area contributed by atoms with Crippen molar-refractivity contribution in [1.29, 1.82) is 0 Å². The summed E-state index contributed by atoms with van der Waals surface area (Å²) in [6.07, 6.45) is 19.5. The van der Waals surface area contributed by atoms with Crippen LogP contribution in [0.15, 0.2) is 49.1 Å². The van der Waals surface area contributed by atoms with Crippen LogP contribution in [0.4, 0.5) is 0 Å². The molecule has 0 aliphatic carbocycles. The lowest BCUT2D eigenvalue weighted by Gasteiger charge is -2.18. The molecular weight excluding hydrogens is 352 g/mol. The Morgan fingerprint density at radius 2 is 1.28 bits per heavy atom. The second-order valence-electron chi connectivity index (χ2n) is 8.79. The van der Waals surface area contributed by atoms with Gasteiger partial charge in [0, 0.05) is 36.1 Å². The first-order valence-corrected chi connectivity index (χ1v) is 12.1. The average Bonchev–Trinajstić information content (AvgIpc) is 2.77. The van der Waals surface area contributed by atoms with Gasteiger partial charge >= 0.3 is 0 Å². The molecule has 0 bridgehead atoms. The van der Waals surface area contributed by atoms with Gasteiger partial charge in [0.15, 0.2) is 37.4 Å².